The number of aromatic carboxylic acids is 1. The molecule has 0 bridgehead atoms. The maximum Gasteiger partial charge on any atom is 0.349 e. The summed E-state index contributed by atoms with van der Waals surface area (Å²) in [6.45, 7) is 0.374. The van der Waals surface area contributed by atoms with Gasteiger partial charge in [-0.15, -0.1) is 11.3 Å². The minimum atomic E-state index is -1.01. The number of ether oxygens (including phenoxy) is 3. The van der Waals surface area contributed by atoms with E-state index in [1.165, 1.54) is 22.1 Å². The third-order valence-corrected chi connectivity index (χ3v) is 5.92. The SMILES string of the molecule is COc1cc2sc(C(=O)O)c(OCCc3ccc4ccccc4c3)c2cc1OC. The molecule has 0 unspecified atom stereocenters. The molecule has 0 aliphatic carbocycles. The average molecular weight is 408 g/mol. The summed E-state index contributed by atoms with van der Waals surface area (Å²) in [7, 11) is 3.10. The van der Waals surface area contributed by atoms with Gasteiger partial charge in [0, 0.05) is 22.6 Å². The van der Waals surface area contributed by atoms with Gasteiger partial charge in [-0.3, -0.25) is 0 Å². The fourth-order valence-corrected chi connectivity index (χ4v) is 4.35. The van der Waals surface area contributed by atoms with E-state index >= 15 is 0 Å². The second kappa shape index (κ2) is 8.01. The van der Waals surface area contributed by atoms with Crippen molar-refractivity contribution in [2.24, 2.45) is 0 Å². The second-order valence-corrected chi connectivity index (χ2v) is 7.60. The van der Waals surface area contributed by atoms with Crippen LogP contribution in [0.1, 0.15) is 15.2 Å². The van der Waals surface area contributed by atoms with E-state index in [0.29, 0.717) is 35.7 Å². The largest absolute Gasteiger partial charge is 0.493 e. The lowest BCUT2D eigenvalue weighted by molar-refractivity contribution is 0.0698. The van der Waals surface area contributed by atoms with E-state index < -0.39 is 5.97 Å². The van der Waals surface area contributed by atoms with Gasteiger partial charge in [0.05, 0.1) is 20.8 Å². The highest BCUT2D eigenvalue weighted by Gasteiger charge is 2.21. The van der Waals surface area contributed by atoms with Crippen LogP contribution in [0.25, 0.3) is 20.9 Å². The van der Waals surface area contributed by atoms with Crippen LogP contribution in [0, 0.1) is 0 Å². The molecule has 0 atom stereocenters. The van der Waals surface area contributed by atoms with Gasteiger partial charge >= 0.3 is 5.97 Å². The second-order valence-electron chi connectivity index (χ2n) is 6.55. The quantitative estimate of drug-likeness (QED) is 0.444. The molecular formula is C23H20O5S. The minimum absolute atomic E-state index is 0.175. The Balaban J connectivity index is 1.61. The van der Waals surface area contributed by atoms with E-state index in [2.05, 4.69) is 30.3 Å². The van der Waals surface area contributed by atoms with Gasteiger partial charge in [-0.25, -0.2) is 4.79 Å². The number of hydrogen-bond acceptors (Lipinski definition) is 5. The normalized spacial score (nSPS) is 11.0. The third kappa shape index (κ3) is 3.71. The number of carboxylic acids is 1. The van der Waals surface area contributed by atoms with Crippen molar-refractivity contribution in [2.45, 2.75) is 6.42 Å². The van der Waals surface area contributed by atoms with Crippen molar-refractivity contribution in [3.63, 3.8) is 0 Å². The Kier molecular flexibility index (Phi) is 5.27. The van der Waals surface area contributed by atoms with Crippen molar-refractivity contribution in [1.29, 1.82) is 0 Å². The van der Waals surface area contributed by atoms with Crippen molar-refractivity contribution >= 4 is 38.2 Å². The molecule has 1 N–H and O–H groups in total. The van der Waals surface area contributed by atoms with E-state index in [9.17, 15) is 9.90 Å². The van der Waals surface area contributed by atoms with Crippen LogP contribution in [-0.2, 0) is 6.42 Å². The van der Waals surface area contributed by atoms with Gasteiger partial charge in [-0.1, -0.05) is 42.5 Å². The summed E-state index contributed by atoms with van der Waals surface area (Å²) in [5, 5.41) is 12.7. The van der Waals surface area contributed by atoms with Crippen molar-refractivity contribution < 1.29 is 24.1 Å². The van der Waals surface area contributed by atoms with Crippen molar-refractivity contribution in [3.05, 3.63) is 65.0 Å². The predicted octanol–water partition coefficient (Wildman–Crippen LogP) is 5.39. The van der Waals surface area contributed by atoms with Crippen LogP contribution in [0.2, 0.25) is 0 Å². The van der Waals surface area contributed by atoms with Crippen LogP contribution in [0.3, 0.4) is 0 Å². The number of thiophene rings is 1. The van der Waals surface area contributed by atoms with E-state index in [4.69, 9.17) is 14.2 Å². The fraction of sp³-hybridized carbons (Fsp3) is 0.174. The van der Waals surface area contributed by atoms with E-state index in [1.54, 1.807) is 26.4 Å². The third-order valence-electron chi connectivity index (χ3n) is 4.79. The van der Waals surface area contributed by atoms with Gasteiger partial charge in [-0.2, -0.15) is 0 Å². The Morgan fingerprint density at radius 1 is 0.966 bits per heavy atom. The summed E-state index contributed by atoms with van der Waals surface area (Å²) in [5.41, 5.74) is 1.14. The first-order chi connectivity index (χ1) is 14.1. The van der Waals surface area contributed by atoms with Gasteiger partial charge in [-0.05, 0) is 22.4 Å². The average Bonchev–Trinajstić information content (AvgIpc) is 3.10. The number of fused-ring (bicyclic) bond motifs is 2. The Labute approximate surface area is 172 Å². The van der Waals surface area contributed by atoms with Gasteiger partial charge < -0.3 is 19.3 Å². The zero-order valence-corrected chi connectivity index (χ0v) is 16.9. The highest BCUT2D eigenvalue weighted by atomic mass is 32.1. The number of hydrogen-bond donors (Lipinski definition) is 1. The molecule has 0 aliphatic heterocycles. The molecule has 29 heavy (non-hydrogen) atoms. The number of methoxy groups -OCH3 is 2. The molecule has 5 nitrogen and oxygen atoms in total. The van der Waals surface area contributed by atoms with Crippen LogP contribution >= 0.6 is 11.3 Å². The maximum absolute atomic E-state index is 11.7. The Morgan fingerprint density at radius 3 is 2.41 bits per heavy atom. The first-order valence-corrected chi connectivity index (χ1v) is 9.94. The molecule has 0 amide bonds. The molecule has 0 radical (unpaired) electrons. The number of carbonyl (C=O) groups is 1. The van der Waals surface area contributed by atoms with E-state index in [-0.39, 0.29) is 4.88 Å². The van der Waals surface area contributed by atoms with Crippen molar-refractivity contribution in [1.82, 2.24) is 0 Å². The lowest BCUT2D eigenvalue weighted by atomic mass is 10.1. The number of carboxylic acid groups (broad SMARTS) is 1. The molecule has 0 spiro atoms. The molecule has 0 fully saturated rings. The topological polar surface area (TPSA) is 65.0 Å². The summed E-state index contributed by atoms with van der Waals surface area (Å²) in [6, 6.07) is 18.0. The van der Waals surface area contributed by atoms with Crippen molar-refractivity contribution in [2.75, 3.05) is 20.8 Å². The molecule has 1 heterocycles. The standard InChI is InChI=1S/C23H20O5S/c1-26-18-12-17-20(13-19(18)27-2)29-22(23(24)25)21(17)28-10-9-14-7-8-15-5-3-4-6-16(15)11-14/h3-8,11-13H,9-10H2,1-2H3,(H,24,25). The summed E-state index contributed by atoms with van der Waals surface area (Å²) < 4.78 is 17.4. The summed E-state index contributed by atoms with van der Waals surface area (Å²) >= 11 is 1.17. The van der Waals surface area contributed by atoms with E-state index in [1.807, 2.05) is 12.1 Å². The molecule has 3 aromatic carbocycles. The van der Waals surface area contributed by atoms with Gasteiger partial charge in [0.15, 0.2) is 22.1 Å². The smallest absolute Gasteiger partial charge is 0.349 e. The first-order valence-electron chi connectivity index (χ1n) is 9.13. The van der Waals surface area contributed by atoms with Gasteiger partial charge in [0.25, 0.3) is 0 Å². The maximum atomic E-state index is 11.7. The Bertz CT molecular complexity index is 1190. The molecule has 1 aromatic heterocycles. The lowest BCUT2D eigenvalue weighted by Crippen LogP contribution is -2.04. The first kappa shape index (κ1) is 19.1. The van der Waals surface area contributed by atoms with Gasteiger partial charge in [0.1, 0.15) is 0 Å². The summed E-state index contributed by atoms with van der Waals surface area (Å²) in [6.07, 6.45) is 0.675. The highest BCUT2D eigenvalue weighted by molar-refractivity contribution is 7.21. The van der Waals surface area contributed by atoms with Crippen LogP contribution < -0.4 is 14.2 Å². The van der Waals surface area contributed by atoms with Crippen LogP contribution in [0.4, 0.5) is 0 Å². The fourth-order valence-electron chi connectivity index (χ4n) is 3.35. The molecule has 0 saturated carbocycles. The molecule has 0 saturated heterocycles. The monoisotopic (exact) mass is 408 g/mol. The number of rotatable bonds is 7. The molecular weight excluding hydrogens is 388 g/mol. The zero-order chi connectivity index (χ0) is 20.4. The molecule has 4 aromatic rings. The molecule has 148 valence electrons. The predicted molar refractivity (Wildman–Crippen MR) is 115 cm³/mol. The number of benzene rings is 3. The van der Waals surface area contributed by atoms with Crippen LogP contribution in [-0.4, -0.2) is 31.9 Å². The molecule has 0 aliphatic rings. The van der Waals surface area contributed by atoms with Crippen molar-refractivity contribution in [3.8, 4) is 17.2 Å². The zero-order valence-electron chi connectivity index (χ0n) is 16.1. The van der Waals surface area contributed by atoms with Gasteiger partial charge in [0.2, 0.25) is 0 Å². The van der Waals surface area contributed by atoms with Crippen LogP contribution in [0.15, 0.2) is 54.6 Å². The summed E-state index contributed by atoms with van der Waals surface area (Å²) in [4.78, 5) is 11.9. The van der Waals surface area contributed by atoms with Crippen LogP contribution in [0.5, 0.6) is 17.2 Å². The Morgan fingerprint density at radius 2 is 1.69 bits per heavy atom. The Hall–Kier alpha value is -3.25. The summed E-state index contributed by atoms with van der Waals surface area (Å²) in [5.74, 6) is 0.458. The highest BCUT2D eigenvalue weighted by Crippen LogP contribution is 2.43. The molecule has 4 rings (SSSR count). The minimum Gasteiger partial charge on any atom is -0.493 e. The lowest BCUT2D eigenvalue weighted by Gasteiger charge is -2.10. The van der Waals surface area contributed by atoms with E-state index in [0.717, 1.165) is 10.3 Å². The molecule has 6 heteroatoms.